The van der Waals surface area contributed by atoms with Crippen LogP contribution in [0.25, 0.3) is 0 Å². The lowest BCUT2D eigenvalue weighted by atomic mass is 9.85. The molecule has 0 aliphatic heterocycles. The number of carbonyl (C=O) groups excluding carboxylic acids is 1. The highest BCUT2D eigenvalue weighted by Crippen LogP contribution is 2.32. The van der Waals surface area contributed by atoms with Gasteiger partial charge in [0.2, 0.25) is 11.8 Å². The number of amides is 1. The molecule has 3 rings (SSSR count). The van der Waals surface area contributed by atoms with Gasteiger partial charge in [0.05, 0.1) is 11.5 Å². The molecule has 0 radical (unpaired) electrons. The zero-order valence-corrected chi connectivity index (χ0v) is 17.2. The van der Waals surface area contributed by atoms with Crippen molar-refractivity contribution in [2.24, 2.45) is 5.92 Å². The monoisotopic (exact) mass is 417 g/mol. The predicted molar refractivity (Wildman–Crippen MR) is 109 cm³/mol. The quantitative estimate of drug-likeness (QED) is 0.468. The Morgan fingerprint density at radius 2 is 2.13 bits per heavy atom. The number of nitrogens with zero attached hydrogens (tertiary/aromatic N) is 5. The van der Waals surface area contributed by atoms with Crippen LogP contribution in [-0.4, -0.2) is 49.3 Å². The molecule has 162 valence electrons. The molecule has 1 amide bonds. The van der Waals surface area contributed by atoms with Crippen LogP contribution in [0.4, 0.5) is 11.4 Å². The lowest BCUT2D eigenvalue weighted by molar-refractivity contribution is -0.384. The number of pyridine rings is 1. The molecule has 0 saturated heterocycles. The Kier molecular flexibility index (Phi) is 7.15. The summed E-state index contributed by atoms with van der Waals surface area (Å²) in [6.45, 7) is 4.69. The second kappa shape index (κ2) is 9.99. The Bertz CT molecular complexity index is 849. The van der Waals surface area contributed by atoms with Crippen LogP contribution in [0.5, 0.6) is 5.88 Å². The van der Waals surface area contributed by atoms with Crippen molar-refractivity contribution >= 4 is 17.3 Å². The van der Waals surface area contributed by atoms with Gasteiger partial charge in [-0.05, 0) is 39.5 Å². The summed E-state index contributed by atoms with van der Waals surface area (Å²) in [4.78, 5) is 31.0. The molecule has 0 atom stereocenters. The van der Waals surface area contributed by atoms with E-state index in [0.717, 1.165) is 25.7 Å². The van der Waals surface area contributed by atoms with E-state index in [1.54, 1.807) is 17.1 Å². The first-order valence-electron chi connectivity index (χ1n) is 10.1. The molecule has 0 unspecified atom stereocenters. The van der Waals surface area contributed by atoms with Crippen molar-refractivity contribution in [3.63, 3.8) is 0 Å². The molecule has 0 spiro atoms. The molecule has 11 heteroatoms. The van der Waals surface area contributed by atoms with E-state index in [4.69, 9.17) is 4.74 Å². The number of hydrogen-bond donors (Lipinski definition) is 2. The summed E-state index contributed by atoms with van der Waals surface area (Å²) in [7, 11) is 0. The van der Waals surface area contributed by atoms with Crippen LogP contribution in [-0.2, 0) is 11.3 Å². The van der Waals surface area contributed by atoms with Crippen molar-refractivity contribution in [1.82, 2.24) is 25.1 Å². The molecule has 1 saturated carbocycles. The third-order valence-corrected chi connectivity index (χ3v) is 4.98. The van der Waals surface area contributed by atoms with E-state index in [9.17, 15) is 14.9 Å². The van der Waals surface area contributed by atoms with E-state index >= 15 is 0 Å². The van der Waals surface area contributed by atoms with Crippen LogP contribution in [0.1, 0.15) is 39.5 Å². The highest BCUT2D eigenvalue weighted by molar-refractivity contribution is 5.79. The first kappa shape index (κ1) is 21.5. The number of hydrogen-bond acceptors (Lipinski definition) is 8. The van der Waals surface area contributed by atoms with Gasteiger partial charge in [-0.15, -0.1) is 0 Å². The summed E-state index contributed by atoms with van der Waals surface area (Å²) in [6.07, 6.45) is 7.24. The Balaban J connectivity index is 1.58. The van der Waals surface area contributed by atoms with Gasteiger partial charge in [-0.2, -0.15) is 5.10 Å². The highest BCUT2D eigenvalue weighted by Gasteiger charge is 2.28. The number of rotatable bonds is 9. The van der Waals surface area contributed by atoms with Crippen LogP contribution < -0.4 is 15.4 Å². The molecule has 2 aromatic heterocycles. The minimum atomic E-state index is -0.462. The zero-order chi connectivity index (χ0) is 21.5. The second-order valence-electron chi connectivity index (χ2n) is 7.66. The summed E-state index contributed by atoms with van der Waals surface area (Å²) in [5.74, 6) is 0.378. The maximum Gasteiger partial charge on any atom is 0.310 e. The number of ether oxygens (including phenoxy) is 1. The van der Waals surface area contributed by atoms with Gasteiger partial charge in [0.15, 0.2) is 0 Å². The fraction of sp³-hybridized carbons (Fsp3) is 0.579. The molecule has 2 heterocycles. The van der Waals surface area contributed by atoms with Crippen molar-refractivity contribution in [1.29, 1.82) is 0 Å². The van der Waals surface area contributed by atoms with Crippen molar-refractivity contribution in [3.05, 3.63) is 35.0 Å². The Morgan fingerprint density at radius 1 is 1.37 bits per heavy atom. The Hall–Kier alpha value is -3.24. The third-order valence-electron chi connectivity index (χ3n) is 4.98. The maximum atomic E-state index is 12.2. The van der Waals surface area contributed by atoms with E-state index in [1.165, 1.54) is 12.5 Å². The van der Waals surface area contributed by atoms with Crippen molar-refractivity contribution in [2.45, 2.75) is 58.2 Å². The first-order valence-corrected chi connectivity index (χ1v) is 10.1. The average molecular weight is 417 g/mol. The highest BCUT2D eigenvalue weighted by atomic mass is 16.6. The molecule has 2 aromatic rings. The number of nitrogens with one attached hydrogen (secondary N) is 2. The van der Waals surface area contributed by atoms with Crippen molar-refractivity contribution in [2.75, 3.05) is 11.9 Å². The van der Waals surface area contributed by atoms with Gasteiger partial charge in [0, 0.05) is 24.1 Å². The van der Waals surface area contributed by atoms with Gasteiger partial charge in [0.1, 0.15) is 31.1 Å². The van der Waals surface area contributed by atoms with Gasteiger partial charge < -0.3 is 15.4 Å². The topological polar surface area (TPSA) is 137 Å². The molecule has 1 fully saturated rings. The molecule has 11 nitrogen and oxygen atoms in total. The summed E-state index contributed by atoms with van der Waals surface area (Å²) in [6, 6.07) is 1.73. The van der Waals surface area contributed by atoms with Crippen molar-refractivity contribution in [3.8, 4) is 5.88 Å². The van der Waals surface area contributed by atoms with Crippen LogP contribution in [0.15, 0.2) is 24.9 Å². The van der Waals surface area contributed by atoms with E-state index in [0.29, 0.717) is 24.7 Å². The van der Waals surface area contributed by atoms with E-state index in [2.05, 4.69) is 25.7 Å². The number of carbonyl (C=O) groups is 1. The molecular formula is C19H27N7O4. The van der Waals surface area contributed by atoms with Crippen LogP contribution in [0.2, 0.25) is 0 Å². The summed E-state index contributed by atoms with van der Waals surface area (Å²) in [5.41, 5.74) is 0.277. The lowest BCUT2D eigenvalue weighted by Crippen LogP contribution is -2.38. The largest absolute Gasteiger partial charge is 0.476 e. The van der Waals surface area contributed by atoms with Gasteiger partial charge >= 0.3 is 5.69 Å². The SMILES string of the molecule is CC(C)NC(=O)[C@H]1CC[C@@H](Nc2cc(OCCn3cncn3)ncc2[N+](=O)[O-])CC1. The van der Waals surface area contributed by atoms with Crippen LogP contribution in [0, 0.1) is 16.0 Å². The van der Waals surface area contributed by atoms with Gasteiger partial charge in [-0.3, -0.25) is 14.9 Å². The zero-order valence-electron chi connectivity index (χ0n) is 17.2. The minimum absolute atomic E-state index is 0.00597. The standard InChI is InChI=1S/C19H27N7O4/c1-13(2)23-19(27)14-3-5-15(6-4-14)24-16-9-18(21-10-17(16)26(28)29)30-8-7-25-12-20-11-22-25/h9-15H,3-8H2,1-2H3,(H,21,24)(H,23,27)/t14-,15+. The van der Waals surface area contributed by atoms with E-state index in [-0.39, 0.29) is 29.6 Å². The molecule has 0 bridgehead atoms. The third kappa shape index (κ3) is 5.88. The summed E-state index contributed by atoms with van der Waals surface area (Å²) >= 11 is 0. The van der Waals surface area contributed by atoms with Crippen LogP contribution >= 0.6 is 0 Å². The van der Waals surface area contributed by atoms with E-state index in [1.807, 2.05) is 13.8 Å². The molecule has 30 heavy (non-hydrogen) atoms. The van der Waals surface area contributed by atoms with Crippen molar-refractivity contribution < 1.29 is 14.5 Å². The van der Waals surface area contributed by atoms with Gasteiger partial charge in [-0.25, -0.2) is 14.6 Å². The Labute approximate surface area is 174 Å². The fourth-order valence-corrected chi connectivity index (χ4v) is 3.48. The Morgan fingerprint density at radius 3 is 2.77 bits per heavy atom. The second-order valence-corrected chi connectivity index (χ2v) is 7.66. The molecule has 1 aliphatic carbocycles. The summed E-state index contributed by atoms with van der Waals surface area (Å²) < 4.78 is 7.24. The minimum Gasteiger partial charge on any atom is -0.476 e. The number of nitro groups is 1. The van der Waals surface area contributed by atoms with Crippen LogP contribution in [0.3, 0.4) is 0 Å². The summed E-state index contributed by atoms with van der Waals surface area (Å²) in [5, 5.41) is 21.6. The number of aromatic nitrogens is 4. The van der Waals surface area contributed by atoms with Gasteiger partial charge in [0.25, 0.3) is 0 Å². The molecule has 0 aromatic carbocycles. The normalized spacial score (nSPS) is 18.8. The molecule has 1 aliphatic rings. The maximum absolute atomic E-state index is 12.2. The fourth-order valence-electron chi connectivity index (χ4n) is 3.48. The molecule has 2 N–H and O–H groups in total. The predicted octanol–water partition coefficient (Wildman–Crippen LogP) is 2.16. The molecular weight excluding hydrogens is 390 g/mol. The van der Waals surface area contributed by atoms with Gasteiger partial charge in [-0.1, -0.05) is 0 Å². The lowest BCUT2D eigenvalue weighted by Gasteiger charge is -2.29. The smallest absolute Gasteiger partial charge is 0.310 e. The number of anilines is 1. The average Bonchev–Trinajstić information content (AvgIpc) is 3.21. The first-order chi connectivity index (χ1) is 14.4. The van der Waals surface area contributed by atoms with E-state index < -0.39 is 4.92 Å².